The number of nitriles is 1. The summed E-state index contributed by atoms with van der Waals surface area (Å²) >= 11 is 7.09. The van der Waals surface area contributed by atoms with E-state index in [0.717, 1.165) is 0 Å². The summed E-state index contributed by atoms with van der Waals surface area (Å²) in [6.45, 7) is 0. The minimum absolute atomic E-state index is 0.0306. The zero-order chi connectivity index (χ0) is 10.0. The summed E-state index contributed by atoms with van der Waals surface area (Å²) in [4.78, 5) is 10.8. The lowest BCUT2D eigenvalue weighted by molar-refractivity contribution is 0.0693. The van der Waals surface area contributed by atoms with Crippen LogP contribution < -0.4 is 0 Å². The molecule has 0 amide bonds. The van der Waals surface area contributed by atoms with Gasteiger partial charge < -0.3 is 5.11 Å². The Labute approximate surface area is 88.5 Å². The largest absolute Gasteiger partial charge is 0.478 e. The highest BCUT2D eigenvalue weighted by atomic mass is 79.9. The molecular formula is C8H4BrNO2S. The van der Waals surface area contributed by atoms with Crippen LogP contribution in [0, 0.1) is 11.3 Å². The van der Waals surface area contributed by atoms with Crippen LogP contribution in [0.1, 0.15) is 15.9 Å². The van der Waals surface area contributed by atoms with Crippen molar-refractivity contribution < 1.29 is 9.90 Å². The van der Waals surface area contributed by atoms with Crippen LogP contribution in [0.25, 0.3) is 0 Å². The van der Waals surface area contributed by atoms with Gasteiger partial charge in [-0.05, 0) is 28.1 Å². The van der Waals surface area contributed by atoms with Crippen molar-refractivity contribution in [1.29, 1.82) is 5.26 Å². The van der Waals surface area contributed by atoms with Gasteiger partial charge in [-0.1, -0.05) is 0 Å². The van der Waals surface area contributed by atoms with E-state index in [9.17, 15) is 4.79 Å². The molecule has 0 bridgehead atoms. The van der Waals surface area contributed by atoms with Gasteiger partial charge in [0.2, 0.25) is 0 Å². The number of hydrogen-bond acceptors (Lipinski definition) is 3. The summed E-state index contributed by atoms with van der Waals surface area (Å²) in [5.41, 5.74) is 0.270. The third kappa shape index (κ3) is 1.85. The molecule has 0 saturated carbocycles. The molecule has 3 nitrogen and oxygen atoms in total. The maximum Gasteiger partial charge on any atom is 0.336 e. The van der Waals surface area contributed by atoms with Gasteiger partial charge in [0.05, 0.1) is 11.1 Å². The van der Waals surface area contributed by atoms with Crippen LogP contribution in [0.5, 0.6) is 0 Å². The Kier molecular flexibility index (Phi) is 2.96. The third-order valence-electron chi connectivity index (χ3n) is 1.47. The topological polar surface area (TPSA) is 61.1 Å². The predicted octanol–water partition coefficient (Wildman–Crippen LogP) is 2.31. The quantitative estimate of drug-likeness (QED) is 0.760. The van der Waals surface area contributed by atoms with Gasteiger partial charge in [-0.15, -0.1) is 12.6 Å². The van der Waals surface area contributed by atoms with Gasteiger partial charge in [0.25, 0.3) is 0 Å². The lowest BCUT2D eigenvalue weighted by Gasteiger charge is -2.02. The van der Waals surface area contributed by atoms with Gasteiger partial charge in [0.15, 0.2) is 0 Å². The summed E-state index contributed by atoms with van der Waals surface area (Å²) in [6.07, 6.45) is 0. The van der Waals surface area contributed by atoms with E-state index >= 15 is 0 Å². The van der Waals surface area contributed by atoms with Gasteiger partial charge in [-0.2, -0.15) is 5.26 Å². The van der Waals surface area contributed by atoms with Gasteiger partial charge >= 0.3 is 5.97 Å². The maximum absolute atomic E-state index is 10.6. The number of aromatic carboxylic acids is 1. The summed E-state index contributed by atoms with van der Waals surface area (Å²) in [5.74, 6) is -1.09. The van der Waals surface area contributed by atoms with Gasteiger partial charge in [0, 0.05) is 9.37 Å². The predicted molar refractivity (Wildman–Crippen MR) is 53.1 cm³/mol. The first kappa shape index (κ1) is 10.1. The van der Waals surface area contributed by atoms with Crippen molar-refractivity contribution in [3.63, 3.8) is 0 Å². The number of hydrogen-bond donors (Lipinski definition) is 2. The summed E-state index contributed by atoms with van der Waals surface area (Å²) in [7, 11) is 0. The van der Waals surface area contributed by atoms with Crippen LogP contribution in [-0.4, -0.2) is 11.1 Å². The second kappa shape index (κ2) is 3.81. The molecule has 1 N–H and O–H groups in total. The SMILES string of the molecule is N#Cc1c(Br)ccc(C(=O)O)c1S. The second-order valence-corrected chi connectivity index (χ2v) is 3.54. The highest BCUT2D eigenvalue weighted by Crippen LogP contribution is 2.26. The lowest BCUT2D eigenvalue weighted by Crippen LogP contribution is -1.99. The smallest absolute Gasteiger partial charge is 0.336 e. The Balaban J connectivity index is 3.47. The number of benzene rings is 1. The molecule has 13 heavy (non-hydrogen) atoms. The molecule has 1 aromatic carbocycles. The standard InChI is InChI=1S/C8H4BrNO2S/c9-6-2-1-4(8(11)12)7(13)5(6)3-10/h1-2,13H,(H,11,12). The van der Waals surface area contributed by atoms with Gasteiger partial charge in [-0.25, -0.2) is 4.79 Å². The van der Waals surface area contributed by atoms with Crippen LogP contribution in [0.3, 0.4) is 0 Å². The molecule has 0 fully saturated rings. The Morgan fingerprint density at radius 2 is 2.23 bits per heavy atom. The van der Waals surface area contributed by atoms with Crippen LogP contribution in [-0.2, 0) is 0 Å². The molecule has 66 valence electrons. The molecule has 5 heteroatoms. The van der Waals surface area contributed by atoms with Crippen LogP contribution >= 0.6 is 28.6 Å². The van der Waals surface area contributed by atoms with E-state index < -0.39 is 5.97 Å². The van der Waals surface area contributed by atoms with Crippen molar-refractivity contribution in [3.05, 3.63) is 27.7 Å². The molecular weight excluding hydrogens is 254 g/mol. The number of carbonyl (C=O) groups is 1. The molecule has 0 saturated heterocycles. The highest BCUT2D eigenvalue weighted by Gasteiger charge is 2.13. The Hall–Kier alpha value is -0.990. The zero-order valence-corrected chi connectivity index (χ0v) is 8.76. The molecule has 0 aliphatic rings. The van der Waals surface area contributed by atoms with E-state index in [1.54, 1.807) is 0 Å². The fraction of sp³-hybridized carbons (Fsp3) is 0. The van der Waals surface area contributed by atoms with E-state index in [1.165, 1.54) is 12.1 Å². The minimum Gasteiger partial charge on any atom is -0.478 e. The maximum atomic E-state index is 10.6. The number of nitrogens with zero attached hydrogens (tertiary/aromatic N) is 1. The van der Waals surface area contributed by atoms with Crippen molar-refractivity contribution in [2.24, 2.45) is 0 Å². The molecule has 1 rings (SSSR count). The molecule has 0 aliphatic heterocycles. The van der Waals surface area contributed by atoms with Crippen LogP contribution in [0.4, 0.5) is 0 Å². The molecule has 0 radical (unpaired) electrons. The number of thiol groups is 1. The van der Waals surface area contributed by atoms with Crippen molar-refractivity contribution in [3.8, 4) is 6.07 Å². The van der Waals surface area contributed by atoms with E-state index in [0.29, 0.717) is 4.47 Å². The normalized spacial score (nSPS) is 9.31. The molecule has 0 aliphatic carbocycles. The molecule has 0 aromatic heterocycles. The van der Waals surface area contributed by atoms with Gasteiger partial charge in [-0.3, -0.25) is 0 Å². The summed E-state index contributed by atoms with van der Waals surface area (Å²) in [6, 6.07) is 4.79. The van der Waals surface area contributed by atoms with Crippen molar-refractivity contribution >= 4 is 34.5 Å². The summed E-state index contributed by atoms with van der Waals surface area (Å²) in [5, 5.41) is 17.4. The van der Waals surface area contributed by atoms with Crippen molar-refractivity contribution in [2.75, 3.05) is 0 Å². The van der Waals surface area contributed by atoms with Crippen molar-refractivity contribution in [2.45, 2.75) is 4.90 Å². The van der Waals surface area contributed by atoms with E-state index in [-0.39, 0.29) is 16.0 Å². The average molecular weight is 258 g/mol. The van der Waals surface area contributed by atoms with Crippen LogP contribution in [0.2, 0.25) is 0 Å². The molecule has 0 unspecified atom stereocenters. The fourth-order valence-electron chi connectivity index (χ4n) is 0.845. The first-order chi connectivity index (χ1) is 6.07. The number of carboxylic acids is 1. The molecule has 1 aromatic rings. The zero-order valence-electron chi connectivity index (χ0n) is 6.28. The minimum atomic E-state index is -1.09. The Morgan fingerprint density at radius 1 is 1.62 bits per heavy atom. The van der Waals surface area contributed by atoms with Gasteiger partial charge in [0.1, 0.15) is 6.07 Å². The Morgan fingerprint density at radius 3 is 2.69 bits per heavy atom. The Bertz CT molecular complexity index is 411. The highest BCUT2D eigenvalue weighted by molar-refractivity contribution is 9.10. The van der Waals surface area contributed by atoms with E-state index in [2.05, 4.69) is 28.6 Å². The van der Waals surface area contributed by atoms with E-state index in [1.807, 2.05) is 6.07 Å². The van der Waals surface area contributed by atoms with Crippen molar-refractivity contribution in [1.82, 2.24) is 0 Å². The summed E-state index contributed by atoms with van der Waals surface area (Å²) < 4.78 is 0.546. The molecule has 0 heterocycles. The van der Waals surface area contributed by atoms with Crippen LogP contribution in [0.15, 0.2) is 21.5 Å². The second-order valence-electron chi connectivity index (χ2n) is 2.24. The number of rotatable bonds is 1. The number of halogens is 1. The fourth-order valence-corrected chi connectivity index (χ4v) is 1.76. The average Bonchev–Trinajstić information content (AvgIpc) is 2.04. The monoisotopic (exact) mass is 257 g/mol. The molecule has 0 atom stereocenters. The first-order valence-electron chi connectivity index (χ1n) is 3.22. The third-order valence-corrected chi connectivity index (χ3v) is 2.59. The van der Waals surface area contributed by atoms with E-state index in [4.69, 9.17) is 10.4 Å². The first-order valence-corrected chi connectivity index (χ1v) is 4.46. The molecule has 0 spiro atoms. The number of carboxylic acid groups (broad SMARTS) is 1. The lowest BCUT2D eigenvalue weighted by atomic mass is 10.1.